The number of alkyl halides is 2. The maximum absolute atomic E-state index is 12.1. The Morgan fingerprint density at radius 2 is 2.12 bits per heavy atom. The molecule has 0 atom stereocenters. The van der Waals surface area contributed by atoms with Gasteiger partial charge in [0.1, 0.15) is 0 Å². The van der Waals surface area contributed by atoms with Crippen molar-refractivity contribution < 1.29 is 18.3 Å². The van der Waals surface area contributed by atoms with Crippen molar-refractivity contribution in [1.82, 2.24) is 5.32 Å². The van der Waals surface area contributed by atoms with Crippen LogP contribution in [-0.4, -0.2) is 27.3 Å². The number of ether oxygens (including phenoxy) is 2. The Hall–Kier alpha value is -1.62. The van der Waals surface area contributed by atoms with Gasteiger partial charge in [0.25, 0.3) is 0 Å². The van der Waals surface area contributed by atoms with Crippen molar-refractivity contribution in [3.8, 4) is 11.5 Å². The van der Waals surface area contributed by atoms with Crippen LogP contribution >= 0.6 is 0 Å². The lowest BCUT2D eigenvalue weighted by Gasteiger charge is -2.10. The van der Waals surface area contributed by atoms with Crippen molar-refractivity contribution in [3.63, 3.8) is 0 Å². The molecule has 5 heteroatoms. The van der Waals surface area contributed by atoms with Crippen molar-refractivity contribution in [2.75, 3.05) is 20.7 Å². The van der Waals surface area contributed by atoms with Gasteiger partial charge in [-0.2, -0.15) is 8.78 Å². The molecule has 0 saturated carbocycles. The van der Waals surface area contributed by atoms with Crippen LogP contribution in [0.1, 0.15) is 5.56 Å². The highest BCUT2D eigenvalue weighted by molar-refractivity contribution is 5.56. The summed E-state index contributed by atoms with van der Waals surface area (Å²) in [5.74, 6) is 0.324. The van der Waals surface area contributed by atoms with Crippen LogP contribution in [0, 0.1) is 0 Å². The smallest absolute Gasteiger partial charge is 0.387 e. The molecule has 0 aromatic heterocycles. The van der Waals surface area contributed by atoms with E-state index in [0.717, 1.165) is 12.1 Å². The van der Waals surface area contributed by atoms with Crippen LogP contribution in [0.5, 0.6) is 11.5 Å². The first-order chi connectivity index (χ1) is 8.17. The molecule has 17 heavy (non-hydrogen) atoms. The third-order valence-corrected chi connectivity index (χ3v) is 2.04. The molecule has 94 valence electrons. The number of halogens is 2. The topological polar surface area (TPSA) is 30.5 Å². The van der Waals surface area contributed by atoms with Gasteiger partial charge >= 0.3 is 6.61 Å². The number of likely N-dealkylation sites (N-methyl/N-ethyl adjacent to an activating group) is 1. The summed E-state index contributed by atoms with van der Waals surface area (Å²) in [6, 6.07) is 4.79. The van der Waals surface area contributed by atoms with Gasteiger partial charge in [-0.3, -0.25) is 0 Å². The van der Waals surface area contributed by atoms with Gasteiger partial charge in [0, 0.05) is 6.54 Å². The summed E-state index contributed by atoms with van der Waals surface area (Å²) in [7, 11) is 3.25. The second kappa shape index (κ2) is 6.85. The van der Waals surface area contributed by atoms with Crippen molar-refractivity contribution in [3.05, 3.63) is 29.8 Å². The van der Waals surface area contributed by atoms with Gasteiger partial charge in [0.05, 0.1) is 7.11 Å². The Morgan fingerprint density at radius 3 is 2.71 bits per heavy atom. The fourth-order valence-corrected chi connectivity index (χ4v) is 1.29. The standard InChI is InChI=1S/C12H15F2NO2/c1-15-7-3-4-9-5-6-10(17-12(13)14)11(8-9)16-2/h3-6,8,12,15H,7H2,1-2H3. The fraction of sp³-hybridized carbons (Fsp3) is 0.333. The van der Waals surface area contributed by atoms with Crippen LogP contribution < -0.4 is 14.8 Å². The summed E-state index contributed by atoms with van der Waals surface area (Å²) < 4.78 is 33.5. The third kappa shape index (κ3) is 4.40. The Labute approximate surface area is 99.0 Å². The molecule has 0 saturated heterocycles. The average molecular weight is 243 g/mol. The molecule has 3 nitrogen and oxygen atoms in total. The molecule has 0 aliphatic rings. The highest BCUT2D eigenvalue weighted by Crippen LogP contribution is 2.29. The van der Waals surface area contributed by atoms with E-state index in [1.807, 2.05) is 19.2 Å². The first kappa shape index (κ1) is 13.4. The van der Waals surface area contributed by atoms with Gasteiger partial charge in [-0.25, -0.2) is 0 Å². The van der Waals surface area contributed by atoms with E-state index in [4.69, 9.17) is 4.74 Å². The molecule has 0 aliphatic heterocycles. The van der Waals surface area contributed by atoms with E-state index in [0.29, 0.717) is 0 Å². The zero-order valence-corrected chi connectivity index (χ0v) is 9.74. The van der Waals surface area contributed by atoms with Crippen molar-refractivity contribution >= 4 is 6.08 Å². The lowest BCUT2D eigenvalue weighted by Crippen LogP contribution is -2.04. The van der Waals surface area contributed by atoms with E-state index >= 15 is 0 Å². The Bertz CT molecular complexity index is 381. The summed E-state index contributed by atoms with van der Waals surface area (Å²) in [5.41, 5.74) is 0.860. The summed E-state index contributed by atoms with van der Waals surface area (Å²) in [5, 5.41) is 2.96. The highest BCUT2D eigenvalue weighted by atomic mass is 19.3. The fourth-order valence-electron chi connectivity index (χ4n) is 1.29. The van der Waals surface area contributed by atoms with E-state index in [9.17, 15) is 8.78 Å². The Kier molecular flexibility index (Phi) is 5.42. The van der Waals surface area contributed by atoms with Crippen molar-refractivity contribution in [1.29, 1.82) is 0 Å². The van der Waals surface area contributed by atoms with Crippen molar-refractivity contribution in [2.24, 2.45) is 0 Å². The number of benzene rings is 1. The molecule has 0 unspecified atom stereocenters. The molecule has 0 spiro atoms. The van der Waals surface area contributed by atoms with E-state index in [1.54, 1.807) is 12.1 Å². The van der Waals surface area contributed by atoms with Gasteiger partial charge in [-0.05, 0) is 24.7 Å². The second-order valence-electron chi connectivity index (χ2n) is 3.25. The van der Waals surface area contributed by atoms with E-state index < -0.39 is 6.61 Å². The molecule has 0 bridgehead atoms. The minimum Gasteiger partial charge on any atom is -0.493 e. The third-order valence-electron chi connectivity index (χ3n) is 2.04. The summed E-state index contributed by atoms with van der Waals surface area (Å²) >= 11 is 0. The zero-order chi connectivity index (χ0) is 12.7. The molecule has 0 heterocycles. The second-order valence-corrected chi connectivity index (χ2v) is 3.25. The Morgan fingerprint density at radius 1 is 1.35 bits per heavy atom. The number of hydrogen-bond donors (Lipinski definition) is 1. The number of methoxy groups -OCH3 is 1. The maximum Gasteiger partial charge on any atom is 0.387 e. The summed E-state index contributed by atoms with van der Waals surface area (Å²) in [4.78, 5) is 0. The van der Waals surface area contributed by atoms with Crippen LogP contribution in [0.3, 0.4) is 0 Å². The van der Waals surface area contributed by atoms with Crippen LogP contribution in [0.25, 0.3) is 6.08 Å². The largest absolute Gasteiger partial charge is 0.493 e. The van der Waals surface area contributed by atoms with Gasteiger partial charge in [-0.1, -0.05) is 18.2 Å². The molecule has 1 N–H and O–H groups in total. The normalized spacial score (nSPS) is 11.1. The Balaban J connectivity index is 2.84. The van der Waals surface area contributed by atoms with E-state index in [1.165, 1.54) is 13.2 Å². The van der Waals surface area contributed by atoms with Gasteiger partial charge < -0.3 is 14.8 Å². The zero-order valence-electron chi connectivity index (χ0n) is 9.74. The number of nitrogens with one attached hydrogen (secondary N) is 1. The predicted molar refractivity (Wildman–Crippen MR) is 62.6 cm³/mol. The monoisotopic (exact) mass is 243 g/mol. The summed E-state index contributed by atoms with van der Waals surface area (Å²) in [6.07, 6.45) is 3.79. The number of hydrogen-bond acceptors (Lipinski definition) is 3. The SMILES string of the molecule is CNCC=Cc1ccc(OC(F)F)c(OC)c1. The minimum absolute atomic E-state index is 0.0354. The molecular formula is C12H15F2NO2. The lowest BCUT2D eigenvalue weighted by molar-refractivity contribution is -0.0512. The molecule has 0 aliphatic carbocycles. The van der Waals surface area contributed by atoms with E-state index in [2.05, 4.69) is 10.1 Å². The van der Waals surface area contributed by atoms with Gasteiger partial charge in [-0.15, -0.1) is 0 Å². The van der Waals surface area contributed by atoms with Crippen LogP contribution in [0.4, 0.5) is 8.78 Å². The minimum atomic E-state index is -2.85. The van der Waals surface area contributed by atoms with Gasteiger partial charge in [0.2, 0.25) is 0 Å². The highest BCUT2D eigenvalue weighted by Gasteiger charge is 2.10. The number of rotatable bonds is 6. The molecule has 1 aromatic rings. The first-order valence-electron chi connectivity index (χ1n) is 5.11. The molecule has 1 aromatic carbocycles. The molecule has 0 radical (unpaired) electrons. The molecule has 0 amide bonds. The molecular weight excluding hydrogens is 228 g/mol. The molecule has 0 fully saturated rings. The average Bonchev–Trinajstić information content (AvgIpc) is 2.30. The van der Waals surface area contributed by atoms with Crippen LogP contribution in [-0.2, 0) is 0 Å². The lowest BCUT2D eigenvalue weighted by atomic mass is 10.2. The maximum atomic E-state index is 12.1. The van der Waals surface area contributed by atoms with Gasteiger partial charge in [0.15, 0.2) is 11.5 Å². The molecule has 1 rings (SSSR count). The summed E-state index contributed by atoms with van der Waals surface area (Å²) in [6.45, 7) is -2.12. The van der Waals surface area contributed by atoms with E-state index in [-0.39, 0.29) is 11.5 Å². The van der Waals surface area contributed by atoms with Crippen molar-refractivity contribution in [2.45, 2.75) is 6.61 Å². The van der Waals surface area contributed by atoms with Crippen LogP contribution in [0.15, 0.2) is 24.3 Å². The first-order valence-corrected chi connectivity index (χ1v) is 5.11. The quantitative estimate of drug-likeness (QED) is 0.832. The predicted octanol–water partition coefficient (Wildman–Crippen LogP) is 2.53. The van der Waals surface area contributed by atoms with Crippen LogP contribution in [0.2, 0.25) is 0 Å².